The fourth-order valence-electron chi connectivity index (χ4n) is 3.48. The fourth-order valence-corrected chi connectivity index (χ4v) is 3.48. The van der Waals surface area contributed by atoms with Gasteiger partial charge in [-0.25, -0.2) is 0 Å². The summed E-state index contributed by atoms with van der Waals surface area (Å²) in [5, 5.41) is 3.58. The van der Waals surface area contributed by atoms with Gasteiger partial charge in [-0.2, -0.15) is 0 Å². The summed E-state index contributed by atoms with van der Waals surface area (Å²) < 4.78 is 5.68. The summed E-state index contributed by atoms with van der Waals surface area (Å²) in [4.78, 5) is 13.8. The minimum absolute atomic E-state index is 0.122. The van der Waals surface area contributed by atoms with Crippen molar-refractivity contribution in [1.29, 1.82) is 0 Å². The third-order valence-corrected chi connectivity index (χ3v) is 4.99. The van der Waals surface area contributed by atoms with Crippen LogP contribution in [0.4, 0.5) is 0 Å². The molecule has 1 amide bonds. The number of fused-ring (bicyclic) bond motifs is 1. The van der Waals surface area contributed by atoms with Crippen LogP contribution < -0.4 is 5.32 Å². The Hall–Kier alpha value is -1.39. The molecular weight excluding hydrogens is 288 g/mol. The Bertz CT molecular complexity index is 598. The van der Waals surface area contributed by atoms with Crippen LogP contribution in [-0.2, 0) is 27.9 Å². The second-order valence-corrected chi connectivity index (χ2v) is 7.73. The maximum atomic E-state index is 11.8. The number of ether oxygens (including phenoxy) is 1. The standard InChI is InChI=1S/C19H28N2O2/c1-13(22)21-7-5-14-9-15(19(2,3)4)10-16(17(14)11-21)18-12-23-8-6-20-18/h9-10,18,20H,5-8,11-12H2,1-4H3/t18-/m1/s1. The number of benzene rings is 1. The van der Waals surface area contributed by atoms with Crippen molar-refractivity contribution in [3.8, 4) is 0 Å². The van der Waals surface area contributed by atoms with Crippen molar-refractivity contribution in [3.05, 3.63) is 34.4 Å². The first-order valence-electron chi connectivity index (χ1n) is 8.59. The molecule has 1 aromatic rings. The minimum atomic E-state index is 0.122. The first kappa shape index (κ1) is 16.5. The van der Waals surface area contributed by atoms with Crippen LogP contribution in [0.15, 0.2) is 12.1 Å². The number of nitrogens with one attached hydrogen (secondary N) is 1. The van der Waals surface area contributed by atoms with Crippen LogP contribution in [0.5, 0.6) is 0 Å². The molecule has 4 heteroatoms. The summed E-state index contributed by atoms with van der Waals surface area (Å²) in [7, 11) is 0. The maximum Gasteiger partial charge on any atom is 0.219 e. The molecule has 1 aromatic carbocycles. The van der Waals surface area contributed by atoms with Gasteiger partial charge < -0.3 is 15.0 Å². The van der Waals surface area contributed by atoms with Gasteiger partial charge >= 0.3 is 0 Å². The highest BCUT2D eigenvalue weighted by atomic mass is 16.5. The fraction of sp³-hybridized carbons (Fsp3) is 0.632. The minimum Gasteiger partial charge on any atom is -0.378 e. The van der Waals surface area contributed by atoms with Gasteiger partial charge in [0.2, 0.25) is 5.91 Å². The highest BCUT2D eigenvalue weighted by Crippen LogP contribution is 2.34. The van der Waals surface area contributed by atoms with Gasteiger partial charge in [-0.3, -0.25) is 4.79 Å². The smallest absolute Gasteiger partial charge is 0.219 e. The Morgan fingerprint density at radius 1 is 1.35 bits per heavy atom. The van der Waals surface area contributed by atoms with Gasteiger partial charge in [0.1, 0.15) is 0 Å². The average molecular weight is 316 g/mol. The molecule has 2 heterocycles. The molecule has 1 atom stereocenters. The van der Waals surface area contributed by atoms with Crippen LogP contribution in [0, 0.1) is 0 Å². The van der Waals surface area contributed by atoms with E-state index in [1.54, 1.807) is 6.92 Å². The molecule has 0 spiro atoms. The van der Waals surface area contributed by atoms with Crippen molar-refractivity contribution in [3.63, 3.8) is 0 Å². The lowest BCUT2D eigenvalue weighted by molar-refractivity contribution is -0.129. The third kappa shape index (κ3) is 3.43. The van der Waals surface area contributed by atoms with Crippen molar-refractivity contribution < 1.29 is 9.53 Å². The summed E-state index contributed by atoms with van der Waals surface area (Å²) in [5.41, 5.74) is 5.53. The summed E-state index contributed by atoms with van der Waals surface area (Å²) in [6.45, 7) is 12.4. The summed E-state index contributed by atoms with van der Waals surface area (Å²) >= 11 is 0. The predicted octanol–water partition coefficient (Wildman–Crippen LogP) is 2.55. The van der Waals surface area contributed by atoms with Gasteiger partial charge in [0.25, 0.3) is 0 Å². The molecule has 3 rings (SSSR count). The molecule has 0 unspecified atom stereocenters. The largest absolute Gasteiger partial charge is 0.378 e. The van der Waals surface area contributed by atoms with Crippen LogP contribution in [0.3, 0.4) is 0 Å². The van der Waals surface area contributed by atoms with E-state index in [4.69, 9.17) is 4.74 Å². The topological polar surface area (TPSA) is 41.6 Å². The van der Waals surface area contributed by atoms with Gasteiger partial charge in [0.05, 0.1) is 19.3 Å². The van der Waals surface area contributed by atoms with Crippen molar-refractivity contribution in [2.45, 2.75) is 52.1 Å². The second-order valence-electron chi connectivity index (χ2n) is 7.73. The van der Waals surface area contributed by atoms with E-state index in [1.807, 2.05) is 4.90 Å². The summed E-state index contributed by atoms with van der Waals surface area (Å²) in [6, 6.07) is 4.90. The number of carbonyl (C=O) groups excluding carboxylic acids is 1. The van der Waals surface area contributed by atoms with Crippen molar-refractivity contribution in [2.75, 3.05) is 26.3 Å². The zero-order valence-corrected chi connectivity index (χ0v) is 14.7. The normalized spacial score (nSPS) is 21.9. The van der Waals surface area contributed by atoms with Gasteiger partial charge in [-0.15, -0.1) is 0 Å². The van der Waals surface area contributed by atoms with Gasteiger partial charge in [0, 0.05) is 26.6 Å². The molecule has 2 aliphatic rings. The SMILES string of the molecule is CC(=O)N1CCc2cc(C(C)(C)C)cc([C@H]3COCCN3)c2C1. The molecule has 1 N–H and O–H groups in total. The molecule has 126 valence electrons. The Balaban J connectivity index is 2.05. The van der Waals surface area contributed by atoms with Gasteiger partial charge in [-0.1, -0.05) is 32.9 Å². The Labute approximate surface area is 139 Å². The molecule has 1 fully saturated rings. The summed E-state index contributed by atoms with van der Waals surface area (Å²) in [5.74, 6) is 0.161. The van der Waals surface area contributed by atoms with E-state index in [0.29, 0.717) is 6.61 Å². The number of nitrogens with zero attached hydrogens (tertiary/aromatic N) is 1. The molecule has 0 aromatic heterocycles. The van der Waals surface area contributed by atoms with E-state index < -0.39 is 0 Å². The van der Waals surface area contributed by atoms with Crippen LogP contribution in [0.2, 0.25) is 0 Å². The number of hydrogen-bond donors (Lipinski definition) is 1. The first-order chi connectivity index (χ1) is 10.9. The number of carbonyl (C=O) groups is 1. The van der Waals surface area contributed by atoms with Crippen LogP contribution in [0.25, 0.3) is 0 Å². The lowest BCUT2D eigenvalue weighted by atomic mass is 9.80. The number of rotatable bonds is 1. The summed E-state index contributed by atoms with van der Waals surface area (Å²) in [6.07, 6.45) is 0.944. The van der Waals surface area contributed by atoms with Gasteiger partial charge in [0.15, 0.2) is 0 Å². The van der Waals surface area contributed by atoms with Crippen molar-refractivity contribution in [2.24, 2.45) is 0 Å². The van der Waals surface area contributed by atoms with Crippen LogP contribution in [0.1, 0.15) is 56.0 Å². The van der Waals surface area contributed by atoms with Gasteiger partial charge in [-0.05, 0) is 34.1 Å². The molecular formula is C19H28N2O2. The Morgan fingerprint density at radius 2 is 2.13 bits per heavy atom. The highest BCUT2D eigenvalue weighted by molar-refractivity contribution is 5.73. The first-order valence-corrected chi connectivity index (χ1v) is 8.59. The quantitative estimate of drug-likeness (QED) is 0.866. The van der Waals surface area contributed by atoms with Crippen molar-refractivity contribution in [1.82, 2.24) is 10.2 Å². The predicted molar refractivity (Wildman–Crippen MR) is 91.5 cm³/mol. The lowest BCUT2D eigenvalue weighted by Crippen LogP contribution is -2.39. The molecule has 0 bridgehead atoms. The number of amides is 1. The molecule has 0 aliphatic carbocycles. The Kier molecular flexibility index (Phi) is 4.47. The van der Waals surface area contributed by atoms with Crippen LogP contribution >= 0.6 is 0 Å². The van der Waals surface area contributed by atoms with E-state index in [2.05, 4.69) is 38.2 Å². The highest BCUT2D eigenvalue weighted by Gasteiger charge is 2.28. The second kappa shape index (κ2) is 6.25. The zero-order valence-electron chi connectivity index (χ0n) is 14.7. The average Bonchev–Trinajstić information content (AvgIpc) is 2.53. The van der Waals surface area contributed by atoms with E-state index in [0.717, 1.165) is 32.7 Å². The number of hydrogen-bond acceptors (Lipinski definition) is 3. The zero-order chi connectivity index (χ0) is 16.6. The maximum absolute atomic E-state index is 11.8. The lowest BCUT2D eigenvalue weighted by Gasteiger charge is -2.35. The molecule has 2 aliphatic heterocycles. The monoisotopic (exact) mass is 316 g/mol. The molecule has 23 heavy (non-hydrogen) atoms. The van der Waals surface area contributed by atoms with E-state index in [9.17, 15) is 4.79 Å². The molecule has 0 radical (unpaired) electrons. The molecule has 4 nitrogen and oxygen atoms in total. The van der Waals surface area contributed by atoms with E-state index in [1.165, 1.54) is 22.3 Å². The Morgan fingerprint density at radius 3 is 2.74 bits per heavy atom. The molecule has 1 saturated heterocycles. The van der Waals surface area contributed by atoms with Crippen LogP contribution in [-0.4, -0.2) is 37.1 Å². The number of morpholine rings is 1. The van der Waals surface area contributed by atoms with E-state index in [-0.39, 0.29) is 17.4 Å². The third-order valence-electron chi connectivity index (χ3n) is 4.99. The van der Waals surface area contributed by atoms with Crippen molar-refractivity contribution >= 4 is 5.91 Å². The van der Waals surface area contributed by atoms with E-state index >= 15 is 0 Å². The molecule has 0 saturated carbocycles.